The monoisotopic (exact) mass is 132 g/mol. The Morgan fingerprint density at radius 3 is 2.67 bits per heavy atom. The van der Waals surface area contributed by atoms with Gasteiger partial charge in [0.25, 0.3) is 0 Å². The number of nitrogens with two attached hydrogens (primary N) is 2. The number of carbonyl (C=O) groups is 1. The third-order valence-electron chi connectivity index (χ3n) is 0.914. The smallest absolute Gasteiger partial charge is 0.249 e. The zero-order valence-corrected chi connectivity index (χ0v) is 5.42. The summed E-state index contributed by atoms with van der Waals surface area (Å²) in [7, 11) is 0. The predicted octanol–water partition coefficient (Wildman–Crippen LogP) is -1.83. The molecule has 1 amide bonds. The van der Waals surface area contributed by atoms with Gasteiger partial charge in [-0.2, -0.15) is 0 Å². The molecule has 5 N–H and O–H groups in total. The van der Waals surface area contributed by atoms with Gasteiger partial charge < -0.3 is 0 Å². The number of likely N-dealkylation sites (N-methyl/N-ethyl adjacent to an activating group) is 1. The van der Waals surface area contributed by atoms with Crippen molar-refractivity contribution in [2.24, 2.45) is 11.7 Å². The van der Waals surface area contributed by atoms with E-state index in [4.69, 9.17) is 11.7 Å². The number of hydrogen-bond donors (Lipinski definition) is 3. The van der Waals surface area contributed by atoms with Crippen molar-refractivity contribution in [3.8, 4) is 0 Å². The van der Waals surface area contributed by atoms with Crippen molar-refractivity contribution in [1.82, 2.24) is 10.4 Å². The molecule has 0 aliphatic heterocycles. The van der Waals surface area contributed by atoms with E-state index >= 15 is 0 Å². The van der Waals surface area contributed by atoms with E-state index in [1.165, 1.54) is 5.01 Å². The van der Waals surface area contributed by atoms with Gasteiger partial charge >= 0.3 is 0 Å². The first-order valence-electron chi connectivity index (χ1n) is 2.69. The highest BCUT2D eigenvalue weighted by atomic mass is 16.2. The molecule has 0 fully saturated rings. The van der Waals surface area contributed by atoms with E-state index in [9.17, 15) is 4.79 Å². The first-order chi connectivity index (χ1) is 4.20. The first-order valence-corrected chi connectivity index (χ1v) is 2.69. The quantitative estimate of drug-likeness (QED) is 0.239. The van der Waals surface area contributed by atoms with E-state index in [0.717, 1.165) is 0 Å². The van der Waals surface area contributed by atoms with Crippen LogP contribution < -0.4 is 17.1 Å². The van der Waals surface area contributed by atoms with Gasteiger partial charge in [0.05, 0.1) is 6.54 Å². The Kier molecular flexibility index (Phi) is 3.94. The Hall–Kier alpha value is -0.650. The van der Waals surface area contributed by atoms with Crippen molar-refractivity contribution in [3.63, 3.8) is 0 Å². The van der Waals surface area contributed by atoms with Crippen LogP contribution in [0.25, 0.3) is 0 Å². The summed E-state index contributed by atoms with van der Waals surface area (Å²) >= 11 is 0. The SMILES string of the molecule is CCN(N)CC(=O)NN. The van der Waals surface area contributed by atoms with Gasteiger partial charge in [0, 0.05) is 6.54 Å². The highest BCUT2D eigenvalue weighted by molar-refractivity contribution is 5.77. The Balaban J connectivity index is 3.34. The van der Waals surface area contributed by atoms with Crippen LogP contribution in [-0.2, 0) is 4.79 Å². The number of carbonyl (C=O) groups excluding carboxylic acids is 1. The summed E-state index contributed by atoms with van der Waals surface area (Å²) in [4.78, 5) is 10.4. The minimum atomic E-state index is -0.278. The number of hydrogen-bond acceptors (Lipinski definition) is 4. The minimum Gasteiger partial charge on any atom is -0.293 e. The molecule has 54 valence electrons. The Morgan fingerprint density at radius 2 is 2.33 bits per heavy atom. The van der Waals surface area contributed by atoms with Crippen LogP contribution in [0.15, 0.2) is 0 Å². The molecule has 0 aliphatic rings. The zero-order chi connectivity index (χ0) is 7.28. The lowest BCUT2D eigenvalue weighted by Crippen LogP contribution is -2.43. The van der Waals surface area contributed by atoms with Crippen LogP contribution in [0.4, 0.5) is 0 Å². The number of rotatable bonds is 3. The van der Waals surface area contributed by atoms with E-state index in [1.807, 2.05) is 12.3 Å². The second-order valence-electron chi connectivity index (χ2n) is 1.63. The van der Waals surface area contributed by atoms with Gasteiger partial charge in [-0.15, -0.1) is 0 Å². The van der Waals surface area contributed by atoms with Crippen LogP contribution in [0, 0.1) is 0 Å². The molecule has 0 aromatic carbocycles. The van der Waals surface area contributed by atoms with Gasteiger partial charge in [0.2, 0.25) is 5.91 Å². The zero-order valence-electron chi connectivity index (χ0n) is 5.42. The maximum absolute atomic E-state index is 10.4. The van der Waals surface area contributed by atoms with Gasteiger partial charge in [0.1, 0.15) is 0 Å². The van der Waals surface area contributed by atoms with Crippen LogP contribution in [0.1, 0.15) is 6.92 Å². The number of nitrogens with one attached hydrogen (secondary N) is 1. The molecule has 0 heterocycles. The maximum Gasteiger partial charge on any atom is 0.249 e. The molecule has 0 aliphatic carbocycles. The summed E-state index contributed by atoms with van der Waals surface area (Å²) in [6.07, 6.45) is 0. The molecule has 5 nitrogen and oxygen atoms in total. The topological polar surface area (TPSA) is 84.4 Å². The van der Waals surface area contributed by atoms with Gasteiger partial charge in [-0.05, 0) is 0 Å². The fourth-order valence-electron chi connectivity index (χ4n) is 0.342. The van der Waals surface area contributed by atoms with Crippen LogP contribution in [0.5, 0.6) is 0 Å². The van der Waals surface area contributed by atoms with E-state index in [2.05, 4.69) is 0 Å². The standard InChI is InChI=1S/C4H12N4O/c1-2-8(6)3-4(9)7-5/h2-3,5-6H2,1H3,(H,7,9). The van der Waals surface area contributed by atoms with Crippen LogP contribution in [0.2, 0.25) is 0 Å². The number of amides is 1. The molecule has 5 heteroatoms. The molecule has 0 bridgehead atoms. The Labute approximate surface area is 53.9 Å². The average molecular weight is 132 g/mol. The van der Waals surface area contributed by atoms with Crippen molar-refractivity contribution in [2.75, 3.05) is 13.1 Å². The van der Waals surface area contributed by atoms with Crippen molar-refractivity contribution >= 4 is 5.91 Å². The molecule has 0 atom stereocenters. The van der Waals surface area contributed by atoms with Gasteiger partial charge in [-0.25, -0.2) is 10.9 Å². The van der Waals surface area contributed by atoms with Gasteiger partial charge in [0.15, 0.2) is 0 Å². The lowest BCUT2D eigenvalue weighted by atomic mass is 10.5. The third kappa shape index (κ3) is 3.89. The van der Waals surface area contributed by atoms with Crippen molar-refractivity contribution in [3.05, 3.63) is 0 Å². The molecule has 0 saturated carbocycles. The molecule has 0 saturated heterocycles. The fraction of sp³-hybridized carbons (Fsp3) is 0.750. The van der Waals surface area contributed by atoms with Crippen LogP contribution in [0.3, 0.4) is 0 Å². The second-order valence-corrected chi connectivity index (χ2v) is 1.63. The molecular formula is C4H12N4O. The van der Waals surface area contributed by atoms with Gasteiger partial charge in [-0.3, -0.25) is 16.1 Å². The molecular weight excluding hydrogens is 120 g/mol. The van der Waals surface area contributed by atoms with E-state index in [1.54, 1.807) is 0 Å². The maximum atomic E-state index is 10.4. The molecule has 0 unspecified atom stereocenters. The molecule has 0 spiro atoms. The minimum absolute atomic E-state index is 0.146. The van der Waals surface area contributed by atoms with Crippen LogP contribution in [-0.4, -0.2) is 24.0 Å². The lowest BCUT2D eigenvalue weighted by molar-refractivity contribution is -0.122. The highest BCUT2D eigenvalue weighted by Gasteiger charge is 2.00. The average Bonchev–Trinajstić information content (AvgIpc) is 1.87. The molecule has 0 radical (unpaired) electrons. The van der Waals surface area contributed by atoms with E-state index in [-0.39, 0.29) is 12.5 Å². The summed E-state index contributed by atoms with van der Waals surface area (Å²) in [6.45, 7) is 2.63. The second kappa shape index (κ2) is 4.25. The third-order valence-corrected chi connectivity index (χ3v) is 0.914. The Morgan fingerprint density at radius 1 is 1.78 bits per heavy atom. The fourth-order valence-corrected chi connectivity index (χ4v) is 0.342. The summed E-state index contributed by atoms with van der Waals surface area (Å²) in [5.74, 6) is 9.78. The van der Waals surface area contributed by atoms with Crippen molar-refractivity contribution < 1.29 is 4.79 Å². The number of nitrogens with zero attached hydrogens (tertiary/aromatic N) is 1. The summed E-state index contributed by atoms with van der Waals surface area (Å²) in [6, 6.07) is 0. The van der Waals surface area contributed by atoms with E-state index in [0.29, 0.717) is 6.54 Å². The Bertz CT molecular complexity index is 94.6. The van der Waals surface area contributed by atoms with Crippen molar-refractivity contribution in [1.29, 1.82) is 0 Å². The molecule has 0 rings (SSSR count). The summed E-state index contributed by atoms with van der Waals surface area (Å²) in [5.41, 5.74) is 1.97. The lowest BCUT2D eigenvalue weighted by Gasteiger charge is -2.10. The highest BCUT2D eigenvalue weighted by Crippen LogP contribution is 1.72. The van der Waals surface area contributed by atoms with Gasteiger partial charge in [-0.1, -0.05) is 6.92 Å². The number of hydrazine groups is 2. The summed E-state index contributed by atoms with van der Waals surface area (Å²) < 4.78 is 0. The molecule has 9 heavy (non-hydrogen) atoms. The first kappa shape index (κ1) is 8.35. The predicted molar refractivity (Wildman–Crippen MR) is 33.8 cm³/mol. The molecule has 0 aromatic heterocycles. The molecule has 0 aromatic rings. The summed E-state index contributed by atoms with van der Waals surface area (Å²) in [5, 5.41) is 1.36. The van der Waals surface area contributed by atoms with E-state index < -0.39 is 0 Å². The van der Waals surface area contributed by atoms with Crippen LogP contribution >= 0.6 is 0 Å². The van der Waals surface area contributed by atoms with Crippen molar-refractivity contribution in [2.45, 2.75) is 6.92 Å². The largest absolute Gasteiger partial charge is 0.293 e. The normalized spacial score (nSPS) is 9.78.